The van der Waals surface area contributed by atoms with Gasteiger partial charge in [0.25, 0.3) is 10.0 Å². The molecule has 7 nitrogen and oxygen atoms in total. The number of rotatable bonds is 5. The van der Waals surface area contributed by atoms with Crippen LogP contribution < -0.4 is 4.72 Å². The van der Waals surface area contributed by atoms with Gasteiger partial charge in [-0.15, -0.1) is 11.3 Å². The maximum atomic E-state index is 12.9. The van der Waals surface area contributed by atoms with Crippen LogP contribution in [0.15, 0.2) is 51.4 Å². The Hall–Kier alpha value is -2.72. The van der Waals surface area contributed by atoms with E-state index < -0.39 is 27.6 Å². The molecular weight excluding hydrogens is 359 g/mol. The first-order valence-corrected chi connectivity index (χ1v) is 8.77. The second kappa shape index (κ2) is 6.06. The van der Waals surface area contributed by atoms with Crippen LogP contribution in [0.2, 0.25) is 0 Å². The van der Waals surface area contributed by atoms with E-state index in [1.54, 1.807) is 0 Å². The zero-order valence-corrected chi connectivity index (χ0v) is 13.4. The van der Waals surface area contributed by atoms with E-state index in [1.807, 2.05) is 0 Å². The van der Waals surface area contributed by atoms with Crippen LogP contribution in [-0.2, 0) is 10.0 Å². The van der Waals surface area contributed by atoms with E-state index in [0.717, 1.165) is 23.7 Å². The number of hydrogen-bond acceptors (Lipinski definition) is 6. The smallest absolute Gasteiger partial charge is 0.371 e. The Morgan fingerprint density at radius 3 is 2.62 bits per heavy atom. The Morgan fingerprint density at radius 1 is 1.29 bits per heavy atom. The van der Waals surface area contributed by atoms with Gasteiger partial charge in [-0.3, -0.25) is 4.72 Å². The molecule has 124 valence electrons. The number of thiazole rings is 1. The number of aromatic nitrogens is 1. The molecule has 0 amide bonds. The predicted octanol–water partition coefficient (Wildman–Crippen LogP) is 3.04. The van der Waals surface area contributed by atoms with Crippen LogP contribution in [0.5, 0.6) is 0 Å². The second-order valence-corrected chi connectivity index (χ2v) is 7.10. The van der Waals surface area contributed by atoms with Crippen LogP contribution in [0, 0.1) is 5.82 Å². The zero-order valence-electron chi connectivity index (χ0n) is 11.8. The number of benzene rings is 1. The van der Waals surface area contributed by atoms with Crippen molar-refractivity contribution in [3.8, 4) is 10.6 Å². The number of nitrogens with one attached hydrogen (secondary N) is 1. The molecule has 24 heavy (non-hydrogen) atoms. The van der Waals surface area contributed by atoms with Crippen molar-refractivity contribution in [3.63, 3.8) is 0 Å². The Bertz CT molecular complexity index is 992. The van der Waals surface area contributed by atoms with E-state index >= 15 is 0 Å². The molecule has 0 bridgehead atoms. The third-order valence-electron chi connectivity index (χ3n) is 2.91. The lowest BCUT2D eigenvalue weighted by molar-refractivity contribution is 0.0662. The average molecular weight is 368 g/mol. The molecule has 0 saturated carbocycles. The lowest BCUT2D eigenvalue weighted by Gasteiger charge is -2.01. The van der Waals surface area contributed by atoms with Gasteiger partial charge in [0, 0.05) is 17.0 Å². The number of carboxylic acids is 1. The van der Waals surface area contributed by atoms with Crippen LogP contribution in [0.25, 0.3) is 10.6 Å². The predicted molar refractivity (Wildman–Crippen MR) is 84.0 cm³/mol. The number of carboxylic acid groups (broad SMARTS) is 1. The standard InChI is InChI=1S/C14H9FN2O5S2/c15-9-3-1-8(2-4-9)13-16-12(7-23-13)24(20,21)17-10-5-11(14(18)19)22-6-10/h1-7,17H,(H,18,19). The molecular formula is C14H9FN2O5S2. The summed E-state index contributed by atoms with van der Waals surface area (Å²) in [5.74, 6) is -2.11. The number of carbonyl (C=O) groups is 1. The summed E-state index contributed by atoms with van der Waals surface area (Å²) in [4.78, 5) is 14.7. The maximum absolute atomic E-state index is 12.9. The molecule has 0 fully saturated rings. The minimum absolute atomic E-state index is 0.0243. The molecule has 2 aromatic heterocycles. The molecule has 0 unspecified atom stereocenters. The van der Waals surface area contributed by atoms with Gasteiger partial charge in [-0.1, -0.05) is 0 Å². The fourth-order valence-corrected chi connectivity index (χ4v) is 3.95. The van der Waals surface area contributed by atoms with Crippen LogP contribution in [0.4, 0.5) is 10.1 Å². The van der Waals surface area contributed by atoms with Crippen molar-refractivity contribution < 1.29 is 27.1 Å². The van der Waals surface area contributed by atoms with Gasteiger partial charge < -0.3 is 9.52 Å². The summed E-state index contributed by atoms with van der Waals surface area (Å²) in [5.41, 5.74) is 0.558. The highest BCUT2D eigenvalue weighted by molar-refractivity contribution is 7.92. The van der Waals surface area contributed by atoms with Gasteiger partial charge >= 0.3 is 5.97 Å². The molecule has 0 spiro atoms. The Morgan fingerprint density at radius 2 is 2.00 bits per heavy atom. The third-order valence-corrected chi connectivity index (χ3v) is 5.22. The molecule has 0 saturated heterocycles. The quantitative estimate of drug-likeness (QED) is 0.716. The van der Waals surface area contributed by atoms with E-state index in [4.69, 9.17) is 9.52 Å². The Labute approximate surface area is 139 Å². The molecule has 2 heterocycles. The highest BCUT2D eigenvalue weighted by atomic mass is 32.2. The van der Waals surface area contributed by atoms with Gasteiger partial charge in [-0.05, 0) is 24.3 Å². The summed E-state index contributed by atoms with van der Waals surface area (Å²) in [5, 5.41) is 10.3. The van der Waals surface area contributed by atoms with Crippen molar-refractivity contribution >= 4 is 33.0 Å². The Kier molecular flexibility index (Phi) is 4.08. The fourth-order valence-electron chi connectivity index (χ4n) is 1.82. The molecule has 10 heteroatoms. The van der Waals surface area contributed by atoms with Gasteiger partial charge in [0.15, 0.2) is 5.03 Å². The van der Waals surface area contributed by atoms with E-state index in [0.29, 0.717) is 10.6 Å². The van der Waals surface area contributed by atoms with Crippen LogP contribution in [0.3, 0.4) is 0 Å². The molecule has 0 aliphatic rings. The molecule has 0 atom stereocenters. The van der Waals surface area contributed by atoms with E-state index in [-0.39, 0.29) is 10.7 Å². The first-order chi connectivity index (χ1) is 11.3. The molecule has 2 N–H and O–H groups in total. The number of hydrogen-bond donors (Lipinski definition) is 2. The van der Waals surface area contributed by atoms with Gasteiger partial charge in [0.1, 0.15) is 17.1 Å². The molecule has 3 rings (SSSR count). The van der Waals surface area contributed by atoms with Gasteiger partial charge in [0.05, 0.1) is 5.69 Å². The SMILES string of the molecule is O=C(O)c1cc(NS(=O)(=O)c2csc(-c3ccc(F)cc3)n2)co1. The van der Waals surface area contributed by atoms with Gasteiger partial charge in [0.2, 0.25) is 5.76 Å². The highest BCUT2D eigenvalue weighted by Crippen LogP contribution is 2.27. The fraction of sp³-hybridized carbons (Fsp3) is 0. The summed E-state index contributed by atoms with van der Waals surface area (Å²) in [6, 6.07) is 6.54. The molecule has 0 aliphatic heterocycles. The van der Waals surface area contributed by atoms with Gasteiger partial charge in [-0.2, -0.15) is 8.42 Å². The first kappa shape index (κ1) is 16.1. The number of anilines is 1. The Balaban J connectivity index is 1.84. The second-order valence-electron chi connectivity index (χ2n) is 4.61. The van der Waals surface area contributed by atoms with Crippen molar-refractivity contribution in [1.82, 2.24) is 4.98 Å². The zero-order chi connectivity index (χ0) is 17.3. The monoisotopic (exact) mass is 368 g/mol. The minimum atomic E-state index is -4.00. The van der Waals surface area contributed by atoms with E-state index in [1.165, 1.54) is 29.6 Å². The molecule has 0 aliphatic carbocycles. The topological polar surface area (TPSA) is 110 Å². The first-order valence-electron chi connectivity index (χ1n) is 6.41. The lowest BCUT2D eigenvalue weighted by atomic mass is 10.2. The van der Waals surface area contributed by atoms with Crippen molar-refractivity contribution in [2.24, 2.45) is 0 Å². The summed E-state index contributed by atoms with van der Waals surface area (Å²) in [7, 11) is -4.00. The van der Waals surface area contributed by atoms with Crippen molar-refractivity contribution in [2.75, 3.05) is 4.72 Å². The van der Waals surface area contributed by atoms with Crippen LogP contribution in [0.1, 0.15) is 10.6 Å². The van der Waals surface area contributed by atoms with Crippen LogP contribution in [-0.4, -0.2) is 24.5 Å². The number of sulfonamides is 1. The van der Waals surface area contributed by atoms with Gasteiger partial charge in [-0.25, -0.2) is 14.2 Å². The number of halogens is 1. The summed E-state index contributed by atoms with van der Waals surface area (Å²) < 4.78 is 44.3. The summed E-state index contributed by atoms with van der Waals surface area (Å²) >= 11 is 1.09. The van der Waals surface area contributed by atoms with Crippen molar-refractivity contribution in [3.05, 3.63) is 53.6 Å². The van der Waals surface area contributed by atoms with Crippen LogP contribution >= 0.6 is 11.3 Å². The number of nitrogens with zero attached hydrogens (tertiary/aromatic N) is 1. The summed E-state index contributed by atoms with van der Waals surface area (Å²) in [6.07, 6.45) is 0.980. The maximum Gasteiger partial charge on any atom is 0.371 e. The molecule has 1 aromatic carbocycles. The molecule has 3 aromatic rings. The largest absolute Gasteiger partial charge is 0.475 e. The molecule has 0 radical (unpaired) electrons. The lowest BCUT2D eigenvalue weighted by Crippen LogP contribution is -2.12. The van der Waals surface area contributed by atoms with Crippen molar-refractivity contribution in [1.29, 1.82) is 0 Å². The third kappa shape index (κ3) is 3.29. The van der Waals surface area contributed by atoms with E-state index in [2.05, 4.69) is 9.71 Å². The highest BCUT2D eigenvalue weighted by Gasteiger charge is 2.20. The van der Waals surface area contributed by atoms with Crippen molar-refractivity contribution in [2.45, 2.75) is 5.03 Å². The number of furan rings is 1. The summed E-state index contributed by atoms with van der Waals surface area (Å²) in [6.45, 7) is 0. The minimum Gasteiger partial charge on any atom is -0.475 e. The van der Waals surface area contributed by atoms with E-state index in [9.17, 15) is 17.6 Å². The number of aromatic carboxylic acids is 1. The average Bonchev–Trinajstić information content (AvgIpc) is 3.17. The normalized spacial score (nSPS) is 11.4.